The second kappa shape index (κ2) is 14.0. The molecule has 254 valence electrons. The molecule has 0 aromatic carbocycles. The number of hydrogen-bond acceptors (Lipinski definition) is 1. The van der Waals surface area contributed by atoms with Gasteiger partial charge >= 0.3 is 0 Å². The molecule has 0 spiro atoms. The van der Waals surface area contributed by atoms with Crippen LogP contribution in [0.25, 0.3) is 0 Å². The molecular formula is C43H76O. The topological polar surface area (TPSA) is 12.5 Å². The molecule has 9 saturated carbocycles. The third-order valence-corrected chi connectivity index (χ3v) is 15.7. The Labute approximate surface area is 275 Å². The molecule has 1 heterocycles. The number of allylic oxidation sites excluding steroid dienone is 2. The molecule has 44 heavy (non-hydrogen) atoms. The number of epoxide rings is 1. The van der Waals surface area contributed by atoms with Crippen molar-refractivity contribution in [3.63, 3.8) is 0 Å². The van der Waals surface area contributed by atoms with E-state index in [-0.39, 0.29) is 7.43 Å². The van der Waals surface area contributed by atoms with Gasteiger partial charge in [0.25, 0.3) is 0 Å². The van der Waals surface area contributed by atoms with Gasteiger partial charge in [0.2, 0.25) is 0 Å². The molecule has 1 nitrogen and oxygen atoms in total. The highest BCUT2D eigenvalue weighted by Crippen LogP contribution is 2.79. The van der Waals surface area contributed by atoms with Crippen LogP contribution < -0.4 is 0 Å². The molecule has 0 aromatic rings. The first-order valence-corrected chi connectivity index (χ1v) is 20.7. The van der Waals surface area contributed by atoms with Crippen LogP contribution in [-0.4, -0.2) is 12.2 Å². The van der Waals surface area contributed by atoms with Crippen LogP contribution in [-0.2, 0) is 4.74 Å². The first-order chi connectivity index (χ1) is 21.3. The summed E-state index contributed by atoms with van der Waals surface area (Å²) in [5.41, 5.74) is 0. The van der Waals surface area contributed by atoms with E-state index < -0.39 is 0 Å². The molecule has 10 bridgehead atoms. The molecule has 0 aromatic heterocycles. The fraction of sp³-hybridized carbons (Fsp3) is 0.953. The van der Waals surface area contributed by atoms with E-state index in [9.17, 15) is 0 Å². The van der Waals surface area contributed by atoms with Gasteiger partial charge in [0.05, 0.1) is 12.2 Å². The average Bonchev–Trinajstić information content (AvgIpc) is 3.89. The van der Waals surface area contributed by atoms with Crippen molar-refractivity contribution in [2.75, 3.05) is 0 Å². The second-order valence-electron chi connectivity index (χ2n) is 15.8. The molecule has 1 aliphatic heterocycles. The van der Waals surface area contributed by atoms with Crippen molar-refractivity contribution < 1.29 is 4.74 Å². The van der Waals surface area contributed by atoms with Crippen molar-refractivity contribution >= 4 is 0 Å². The smallest absolute Gasteiger partial charge is 0.0875 e. The summed E-state index contributed by atoms with van der Waals surface area (Å²) in [5, 5.41) is 0. The van der Waals surface area contributed by atoms with Crippen LogP contribution in [0.4, 0.5) is 0 Å². The summed E-state index contributed by atoms with van der Waals surface area (Å²) in [4.78, 5) is 0. The summed E-state index contributed by atoms with van der Waals surface area (Å²) in [5.74, 6) is 20.1. The number of ether oxygens (including phenoxy) is 1. The van der Waals surface area contributed by atoms with Crippen LogP contribution in [0, 0.1) is 107 Å². The lowest BCUT2D eigenvalue weighted by Crippen LogP contribution is -2.44. The Balaban J connectivity index is 0.000000322. The molecule has 0 radical (unpaired) electrons. The Bertz CT molecular complexity index is 953. The average molecular weight is 609 g/mol. The fourth-order valence-electron chi connectivity index (χ4n) is 15.7. The maximum atomic E-state index is 6.17. The maximum Gasteiger partial charge on any atom is 0.0875 e. The van der Waals surface area contributed by atoms with Crippen molar-refractivity contribution in [3.05, 3.63) is 12.2 Å². The Morgan fingerprint density at radius 2 is 0.864 bits per heavy atom. The van der Waals surface area contributed by atoms with E-state index in [2.05, 4.69) is 12.2 Å². The van der Waals surface area contributed by atoms with Gasteiger partial charge in [-0.1, -0.05) is 108 Å². The monoisotopic (exact) mass is 609 g/mol. The van der Waals surface area contributed by atoms with E-state index >= 15 is 0 Å². The van der Waals surface area contributed by atoms with E-state index in [4.69, 9.17) is 4.74 Å². The van der Waals surface area contributed by atoms with Gasteiger partial charge in [-0.25, -0.2) is 0 Å². The number of hydrogen-bond donors (Lipinski definition) is 0. The van der Waals surface area contributed by atoms with Crippen LogP contribution in [0.5, 0.6) is 0 Å². The molecular weight excluding hydrogens is 532 g/mol. The molecule has 10 aliphatic carbocycles. The number of rotatable bonds is 4. The lowest BCUT2D eigenvalue weighted by atomic mass is 9.58. The van der Waals surface area contributed by atoms with Crippen LogP contribution in [0.1, 0.15) is 141 Å². The predicted molar refractivity (Wildman–Crippen MR) is 190 cm³/mol. The van der Waals surface area contributed by atoms with Crippen LogP contribution in [0.15, 0.2) is 12.2 Å². The largest absolute Gasteiger partial charge is 0.369 e. The summed E-state index contributed by atoms with van der Waals surface area (Å²) in [6.07, 6.45) is 22.9. The Morgan fingerprint density at radius 1 is 0.432 bits per heavy atom. The summed E-state index contributed by atoms with van der Waals surface area (Å²) < 4.78 is 6.17. The molecule has 0 N–H and O–H groups in total. The molecule has 1 heteroatoms. The molecule has 1 saturated heterocycles. The van der Waals surface area contributed by atoms with Crippen molar-refractivity contribution in [3.8, 4) is 0 Å². The van der Waals surface area contributed by atoms with Crippen molar-refractivity contribution in [1.29, 1.82) is 0 Å². The highest BCUT2D eigenvalue weighted by Gasteiger charge is 2.77. The zero-order valence-electron chi connectivity index (χ0n) is 30.2. The van der Waals surface area contributed by atoms with E-state index in [0.29, 0.717) is 0 Å². The third kappa shape index (κ3) is 4.74. The van der Waals surface area contributed by atoms with Gasteiger partial charge in [0.15, 0.2) is 0 Å². The van der Waals surface area contributed by atoms with Gasteiger partial charge in [-0.3, -0.25) is 0 Å². The fourth-order valence-corrected chi connectivity index (χ4v) is 15.7. The summed E-state index contributed by atoms with van der Waals surface area (Å²) in [6, 6.07) is 0. The SMILES string of the molecule is C.C1=CC2CC1C1C3CC(CCCC4CC5CC4C4C6CC(C54)C4C5CC(C7OC57)C64)C(C3)C21.CC.CC.CC.CC.CC. The lowest BCUT2D eigenvalue weighted by Gasteiger charge is -2.46. The van der Waals surface area contributed by atoms with Crippen molar-refractivity contribution in [2.24, 2.45) is 107 Å². The first kappa shape index (κ1) is 35.0. The minimum Gasteiger partial charge on any atom is -0.369 e. The predicted octanol–water partition coefficient (Wildman–Crippen LogP) is 12.2. The molecule has 20 atom stereocenters. The van der Waals surface area contributed by atoms with Crippen molar-refractivity contribution in [2.45, 2.75) is 153 Å². The quantitative estimate of drug-likeness (QED) is 0.176. The zero-order valence-corrected chi connectivity index (χ0v) is 30.2. The van der Waals surface area contributed by atoms with Crippen LogP contribution in [0.3, 0.4) is 0 Å². The summed E-state index contributed by atoms with van der Waals surface area (Å²) in [6.45, 7) is 20.0. The zero-order chi connectivity index (χ0) is 30.7. The summed E-state index contributed by atoms with van der Waals surface area (Å²) in [7, 11) is 0. The van der Waals surface area contributed by atoms with Gasteiger partial charge < -0.3 is 4.74 Å². The molecule has 0 amide bonds. The maximum absolute atomic E-state index is 6.17. The normalized spacial score (nSPS) is 55.7. The van der Waals surface area contributed by atoms with Gasteiger partial charge in [-0.05, 0) is 151 Å². The van der Waals surface area contributed by atoms with Gasteiger partial charge in [-0.2, -0.15) is 0 Å². The van der Waals surface area contributed by atoms with E-state index in [1.54, 1.807) is 64.2 Å². The number of fused-ring (bicyclic) bond motifs is 28. The Kier molecular flexibility index (Phi) is 11.2. The van der Waals surface area contributed by atoms with Crippen molar-refractivity contribution in [1.82, 2.24) is 0 Å². The Hall–Kier alpha value is -0.300. The van der Waals surface area contributed by atoms with Gasteiger partial charge in [-0.15, -0.1) is 0 Å². The van der Waals surface area contributed by atoms with E-state index in [1.807, 2.05) is 69.2 Å². The van der Waals surface area contributed by atoms with E-state index in [1.165, 1.54) is 11.8 Å². The molecule has 11 rings (SSSR count). The highest BCUT2D eigenvalue weighted by atomic mass is 16.6. The standard InChI is InChI=1S/C32H42O.5C2H6.CH4/c1(2-13-6-17-9-19(13)26-16-5-4-15(8-16)25(17)26)3-14-7-18-10-20(14)28-22-11-21(27(18)28)29-23-12-24(30(22)29)32-31(23)33-32;5*1-2;/h4-5,13-32H,1-3,6-12H2;5*1-2H3;1H4. The highest BCUT2D eigenvalue weighted by molar-refractivity contribution is 5.25. The van der Waals surface area contributed by atoms with Gasteiger partial charge in [0, 0.05) is 0 Å². The molecule has 20 unspecified atom stereocenters. The van der Waals surface area contributed by atoms with Crippen LogP contribution in [0.2, 0.25) is 0 Å². The minimum atomic E-state index is 0. The molecule has 10 fully saturated rings. The third-order valence-electron chi connectivity index (χ3n) is 15.7. The summed E-state index contributed by atoms with van der Waals surface area (Å²) >= 11 is 0. The van der Waals surface area contributed by atoms with Crippen LogP contribution >= 0.6 is 0 Å². The van der Waals surface area contributed by atoms with Gasteiger partial charge in [0.1, 0.15) is 0 Å². The van der Waals surface area contributed by atoms with E-state index in [0.717, 1.165) is 107 Å². The Morgan fingerprint density at radius 3 is 1.43 bits per heavy atom. The lowest BCUT2D eigenvalue weighted by molar-refractivity contribution is 0.0135. The first-order valence-electron chi connectivity index (χ1n) is 20.7. The second-order valence-corrected chi connectivity index (χ2v) is 15.8. The minimum absolute atomic E-state index is 0. The molecule has 11 aliphatic rings.